The van der Waals surface area contributed by atoms with Gasteiger partial charge in [0.1, 0.15) is 0 Å². The highest BCUT2D eigenvalue weighted by Gasteiger charge is 2.33. The largest absolute Gasteiger partial charge is 0.479 e. The first kappa shape index (κ1) is 21.4. The highest BCUT2D eigenvalue weighted by molar-refractivity contribution is 5.76. The number of quaternary nitrogens is 1. The zero-order valence-corrected chi connectivity index (χ0v) is 15.2. The number of carbonyl (C=O) groups is 1. The van der Waals surface area contributed by atoms with E-state index >= 15 is 0 Å². The normalized spacial score (nSPS) is 14.8. The summed E-state index contributed by atoms with van der Waals surface area (Å²) in [4.78, 5) is 11.2. The van der Waals surface area contributed by atoms with Crippen molar-refractivity contribution < 1.29 is 19.5 Å². The summed E-state index contributed by atoms with van der Waals surface area (Å²) in [5.41, 5.74) is -1.51. The van der Waals surface area contributed by atoms with Gasteiger partial charge in [0.05, 0.1) is 27.2 Å². The predicted molar refractivity (Wildman–Crippen MR) is 91.9 cm³/mol. The molecule has 132 valence electrons. The van der Waals surface area contributed by atoms with Crippen LogP contribution in [-0.4, -0.2) is 53.5 Å². The lowest BCUT2D eigenvalue weighted by Crippen LogP contribution is -2.41. The molecule has 2 N–H and O–H groups in total. The van der Waals surface area contributed by atoms with Crippen LogP contribution in [0.4, 0.5) is 0 Å². The number of nitrogens with zero attached hydrogens (tertiary/aromatic N) is 1. The fourth-order valence-electron chi connectivity index (χ4n) is 2.96. The standard InChI is InChI=1S/C18H37NO3/c1-5-7-8-11-15-19(3,4)16-12-9-10-14-18(22,13-6-2)17(20)21/h22H,5-16H2,1-4H3/p+1. The quantitative estimate of drug-likeness (QED) is 0.378. The first-order valence-electron chi connectivity index (χ1n) is 9.05. The van der Waals surface area contributed by atoms with E-state index in [2.05, 4.69) is 21.0 Å². The van der Waals surface area contributed by atoms with Crippen molar-refractivity contribution in [2.75, 3.05) is 27.2 Å². The molecule has 4 heteroatoms. The van der Waals surface area contributed by atoms with Crippen LogP contribution in [0.5, 0.6) is 0 Å². The monoisotopic (exact) mass is 316 g/mol. The van der Waals surface area contributed by atoms with E-state index in [1.165, 1.54) is 32.2 Å². The second-order valence-corrected chi connectivity index (χ2v) is 7.34. The minimum absolute atomic E-state index is 0.349. The summed E-state index contributed by atoms with van der Waals surface area (Å²) in [6, 6.07) is 0. The Labute approximate surface area is 137 Å². The van der Waals surface area contributed by atoms with Gasteiger partial charge in [0.15, 0.2) is 5.60 Å². The summed E-state index contributed by atoms with van der Waals surface area (Å²) in [7, 11) is 4.55. The summed E-state index contributed by atoms with van der Waals surface area (Å²) >= 11 is 0. The minimum atomic E-state index is -1.51. The minimum Gasteiger partial charge on any atom is -0.479 e. The number of aliphatic hydroxyl groups is 1. The van der Waals surface area contributed by atoms with Crippen LogP contribution < -0.4 is 0 Å². The van der Waals surface area contributed by atoms with Crippen molar-refractivity contribution in [3.8, 4) is 0 Å². The molecule has 1 atom stereocenters. The average molecular weight is 317 g/mol. The number of unbranched alkanes of at least 4 members (excludes halogenated alkanes) is 5. The van der Waals surface area contributed by atoms with Crippen molar-refractivity contribution in [2.45, 2.75) is 83.7 Å². The smallest absolute Gasteiger partial charge is 0.335 e. The Bertz CT molecular complexity index is 305. The summed E-state index contributed by atoms with van der Waals surface area (Å²) in [6.45, 7) is 6.49. The molecule has 0 heterocycles. The van der Waals surface area contributed by atoms with E-state index in [-0.39, 0.29) is 0 Å². The van der Waals surface area contributed by atoms with Gasteiger partial charge >= 0.3 is 5.97 Å². The molecule has 0 saturated heterocycles. The van der Waals surface area contributed by atoms with Gasteiger partial charge in [-0.15, -0.1) is 0 Å². The van der Waals surface area contributed by atoms with E-state index in [1.807, 2.05) is 6.92 Å². The lowest BCUT2D eigenvalue weighted by Gasteiger charge is -2.30. The zero-order valence-electron chi connectivity index (χ0n) is 15.2. The van der Waals surface area contributed by atoms with Crippen LogP contribution in [0.1, 0.15) is 78.1 Å². The van der Waals surface area contributed by atoms with Crippen LogP contribution in [0.15, 0.2) is 0 Å². The Kier molecular flexibility index (Phi) is 10.7. The van der Waals surface area contributed by atoms with E-state index in [0.717, 1.165) is 30.3 Å². The maximum absolute atomic E-state index is 11.2. The van der Waals surface area contributed by atoms with Crippen LogP contribution in [0.2, 0.25) is 0 Å². The predicted octanol–water partition coefficient (Wildman–Crippen LogP) is 3.82. The fourth-order valence-corrected chi connectivity index (χ4v) is 2.96. The summed E-state index contributed by atoms with van der Waals surface area (Å²) < 4.78 is 1.04. The molecule has 0 amide bonds. The third-order valence-corrected chi connectivity index (χ3v) is 4.53. The average Bonchev–Trinajstić information content (AvgIpc) is 2.43. The van der Waals surface area contributed by atoms with Gasteiger partial charge in [-0.1, -0.05) is 33.1 Å². The third kappa shape index (κ3) is 9.42. The Balaban J connectivity index is 3.88. The molecule has 1 unspecified atom stereocenters. The second kappa shape index (κ2) is 11.0. The van der Waals surface area contributed by atoms with Crippen molar-refractivity contribution in [1.82, 2.24) is 0 Å². The lowest BCUT2D eigenvalue weighted by atomic mass is 9.91. The second-order valence-electron chi connectivity index (χ2n) is 7.34. The SMILES string of the molecule is CCCCCC[N+](C)(C)CCCCCC(O)(CCC)C(=O)O. The fraction of sp³-hybridized carbons (Fsp3) is 0.944. The molecular formula is C18H38NO3+. The zero-order chi connectivity index (χ0) is 17.1. The number of carboxylic acids is 1. The van der Waals surface area contributed by atoms with Gasteiger partial charge in [0.2, 0.25) is 0 Å². The van der Waals surface area contributed by atoms with Crippen molar-refractivity contribution in [2.24, 2.45) is 0 Å². The van der Waals surface area contributed by atoms with Crippen LogP contribution in [0, 0.1) is 0 Å². The molecule has 0 radical (unpaired) electrons. The first-order valence-corrected chi connectivity index (χ1v) is 9.05. The molecule has 0 aliphatic heterocycles. The van der Waals surface area contributed by atoms with Gasteiger partial charge in [0, 0.05) is 0 Å². The van der Waals surface area contributed by atoms with Gasteiger partial charge in [0.25, 0.3) is 0 Å². The van der Waals surface area contributed by atoms with Crippen LogP contribution in [-0.2, 0) is 4.79 Å². The Morgan fingerprint density at radius 1 is 0.864 bits per heavy atom. The highest BCUT2D eigenvalue weighted by Crippen LogP contribution is 2.21. The van der Waals surface area contributed by atoms with Crippen molar-refractivity contribution in [1.29, 1.82) is 0 Å². The Morgan fingerprint density at radius 2 is 1.41 bits per heavy atom. The summed E-state index contributed by atoms with van der Waals surface area (Å²) in [5.74, 6) is -1.07. The molecule has 0 aromatic heterocycles. The molecule has 0 aliphatic rings. The molecule has 0 aromatic carbocycles. The topological polar surface area (TPSA) is 57.5 Å². The number of aliphatic carboxylic acids is 1. The maximum atomic E-state index is 11.2. The van der Waals surface area contributed by atoms with Crippen molar-refractivity contribution in [3.63, 3.8) is 0 Å². The molecule has 22 heavy (non-hydrogen) atoms. The van der Waals surface area contributed by atoms with Gasteiger partial charge in [-0.25, -0.2) is 4.79 Å². The first-order chi connectivity index (χ1) is 10.3. The van der Waals surface area contributed by atoms with Gasteiger partial charge in [-0.05, 0) is 44.9 Å². The summed E-state index contributed by atoms with van der Waals surface area (Å²) in [5, 5.41) is 19.2. The van der Waals surface area contributed by atoms with Gasteiger partial charge < -0.3 is 14.7 Å². The molecular weight excluding hydrogens is 278 g/mol. The van der Waals surface area contributed by atoms with Crippen molar-refractivity contribution >= 4 is 5.97 Å². The van der Waals surface area contributed by atoms with Gasteiger partial charge in [-0.3, -0.25) is 0 Å². The van der Waals surface area contributed by atoms with E-state index in [0.29, 0.717) is 19.3 Å². The molecule has 0 saturated carbocycles. The number of rotatable bonds is 14. The maximum Gasteiger partial charge on any atom is 0.335 e. The Hall–Kier alpha value is -0.610. The molecule has 4 nitrogen and oxygen atoms in total. The Morgan fingerprint density at radius 3 is 1.86 bits per heavy atom. The molecule has 0 rings (SSSR count). The molecule has 0 spiro atoms. The lowest BCUT2D eigenvalue weighted by molar-refractivity contribution is -0.890. The number of hydrogen-bond donors (Lipinski definition) is 2. The third-order valence-electron chi connectivity index (χ3n) is 4.53. The molecule has 0 aromatic rings. The van der Waals surface area contributed by atoms with Crippen LogP contribution in [0.25, 0.3) is 0 Å². The van der Waals surface area contributed by atoms with E-state index in [4.69, 9.17) is 5.11 Å². The van der Waals surface area contributed by atoms with Crippen molar-refractivity contribution in [3.05, 3.63) is 0 Å². The highest BCUT2D eigenvalue weighted by atomic mass is 16.4. The van der Waals surface area contributed by atoms with E-state index in [1.54, 1.807) is 0 Å². The van der Waals surface area contributed by atoms with E-state index < -0.39 is 11.6 Å². The van der Waals surface area contributed by atoms with E-state index in [9.17, 15) is 9.90 Å². The van der Waals surface area contributed by atoms with Gasteiger partial charge in [-0.2, -0.15) is 0 Å². The van der Waals surface area contributed by atoms with Crippen LogP contribution in [0.3, 0.4) is 0 Å². The molecule has 0 aliphatic carbocycles. The molecule has 0 bridgehead atoms. The summed E-state index contributed by atoms with van der Waals surface area (Å²) in [6.07, 6.45) is 9.52. The number of carboxylic acid groups (broad SMARTS) is 1. The van der Waals surface area contributed by atoms with Crippen LogP contribution >= 0.6 is 0 Å². The molecule has 0 fully saturated rings. The number of hydrogen-bond acceptors (Lipinski definition) is 2.